The number of rotatable bonds is 8. The fraction of sp³-hybridized carbons (Fsp3) is 0.500. The van der Waals surface area contributed by atoms with Crippen LogP contribution in [-0.2, 0) is 4.74 Å². The molecule has 0 spiro atoms. The maximum atomic E-state index is 11.8. The number of nitrogens with zero attached hydrogens (tertiary/aromatic N) is 2. The highest BCUT2D eigenvalue weighted by atomic mass is 35.5. The molecule has 0 fully saturated rings. The summed E-state index contributed by atoms with van der Waals surface area (Å²) < 4.78 is 10.1. The Morgan fingerprint density at radius 2 is 2.04 bits per heavy atom. The van der Waals surface area contributed by atoms with Crippen molar-refractivity contribution in [2.75, 3.05) is 38.7 Å². The molecule has 1 N–H and O–H groups in total. The smallest absolute Gasteiger partial charge is 0.411 e. The lowest BCUT2D eigenvalue weighted by atomic mass is 10.2. The molecule has 0 saturated carbocycles. The minimum atomic E-state index is -0.680. The van der Waals surface area contributed by atoms with Gasteiger partial charge in [-0.15, -0.1) is 0 Å². The predicted molar refractivity (Wildman–Crippen MR) is 87.4 cm³/mol. The number of hydrogen-bond donors (Lipinski definition) is 1. The van der Waals surface area contributed by atoms with E-state index in [0.29, 0.717) is 6.54 Å². The Morgan fingerprint density at radius 3 is 2.57 bits per heavy atom. The molecule has 0 bridgehead atoms. The molecule has 0 unspecified atom stereocenters. The number of nitro groups is 1. The van der Waals surface area contributed by atoms with Crippen LogP contribution in [0.15, 0.2) is 12.1 Å². The lowest BCUT2D eigenvalue weighted by molar-refractivity contribution is -0.384. The summed E-state index contributed by atoms with van der Waals surface area (Å²) in [4.78, 5) is 24.1. The van der Waals surface area contributed by atoms with E-state index in [1.165, 1.54) is 13.2 Å². The first-order valence-electron chi connectivity index (χ1n) is 7.10. The Balaban J connectivity index is 2.71. The van der Waals surface area contributed by atoms with Crippen molar-refractivity contribution >= 4 is 29.1 Å². The maximum absolute atomic E-state index is 11.8. The fourth-order valence-corrected chi connectivity index (χ4v) is 2.14. The van der Waals surface area contributed by atoms with Crippen LogP contribution in [0.3, 0.4) is 0 Å². The first kappa shape index (κ1) is 19.0. The van der Waals surface area contributed by atoms with E-state index in [9.17, 15) is 14.9 Å². The Morgan fingerprint density at radius 1 is 1.39 bits per heavy atom. The van der Waals surface area contributed by atoms with Crippen LogP contribution in [0.25, 0.3) is 0 Å². The van der Waals surface area contributed by atoms with E-state index in [2.05, 4.69) is 10.2 Å². The quantitative estimate of drug-likeness (QED) is 0.574. The van der Waals surface area contributed by atoms with Gasteiger partial charge in [-0.05, 0) is 19.2 Å². The highest BCUT2D eigenvalue weighted by Crippen LogP contribution is 2.35. The summed E-state index contributed by atoms with van der Waals surface area (Å²) >= 11 is 5.82. The van der Waals surface area contributed by atoms with Crippen molar-refractivity contribution in [2.45, 2.75) is 13.8 Å². The molecule has 0 aliphatic rings. The SMILES string of the molecule is CCN(CC)CCOC(=O)Nc1cc(Cl)c([N+](=O)[O-])cc1OC. The normalized spacial score (nSPS) is 10.5. The lowest BCUT2D eigenvalue weighted by Gasteiger charge is -2.17. The summed E-state index contributed by atoms with van der Waals surface area (Å²) in [6.07, 6.45) is -0.680. The molecule has 0 aliphatic heterocycles. The zero-order chi connectivity index (χ0) is 17.4. The van der Waals surface area contributed by atoms with Gasteiger partial charge in [0.15, 0.2) is 0 Å². The zero-order valence-electron chi connectivity index (χ0n) is 13.3. The van der Waals surface area contributed by atoms with Crippen molar-refractivity contribution in [3.05, 3.63) is 27.3 Å². The third-order valence-electron chi connectivity index (χ3n) is 3.24. The van der Waals surface area contributed by atoms with Crippen LogP contribution in [0.2, 0.25) is 5.02 Å². The van der Waals surface area contributed by atoms with E-state index in [1.54, 1.807) is 0 Å². The lowest BCUT2D eigenvalue weighted by Crippen LogP contribution is -2.28. The minimum absolute atomic E-state index is 0.103. The van der Waals surface area contributed by atoms with E-state index in [0.717, 1.165) is 19.2 Å². The number of amides is 1. The van der Waals surface area contributed by atoms with Gasteiger partial charge < -0.3 is 14.4 Å². The predicted octanol–water partition coefficient (Wildman–Crippen LogP) is 3.15. The summed E-state index contributed by atoms with van der Waals surface area (Å²) in [7, 11) is 1.34. The Hall–Kier alpha value is -2.06. The Kier molecular flexibility index (Phi) is 7.56. The molecule has 23 heavy (non-hydrogen) atoms. The number of hydrogen-bond acceptors (Lipinski definition) is 6. The number of carbonyl (C=O) groups is 1. The molecule has 0 aromatic heterocycles. The van der Waals surface area contributed by atoms with E-state index < -0.39 is 11.0 Å². The number of nitrogens with one attached hydrogen (secondary N) is 1. The number of halogens is 1. The second kappa shape index (κ2) is 9.16. The zero-order valence-corrected chi connectivity index (χ0v) is 14.1. The number of anilines is 1. The summed E-state index contributed by atoms with van der Waals surface area (Å²) in [5.41, 5.74) is -0.0973. The third-order valence-corrected chi connectivity index (χ3v) is 3.54. The molecule has 1 rings (SSSR count). The fourth-order valence-electron chi connectivity index (χ4n) is 1.90. The van der Waals surface area contributed by atoms with E-state index in [1.807, 2.05) is 13.8 Å². The van der Waals surface area contributed by atoms with E-state index in [4.69, 9.17) is 21.1 Å². The van der Waals surface area contributed by atoms with Gasteiger partial charge in [0.1, 0.15) is 17.4 Å². The van der Waals surface area contributed by atoms with Crippen molar-refractivity contribution < 1.29 is 19.2 Å². The van der Waals surface area contributed by atoms with Gasteiger partial charge in [-0.3, -0.25) is 15.4 Å². The third kappa shape index (κ3) is 5.57. The van der Waals surface area contributed by atoms with E-state index >= 15 is 0 Å². The van der Waals surface area contributed by atoms with Gasteiger partial charge in [0.05, 0.1) is 23.8 Å². The molecular weight excluding hydrogens is 326 g/mol. The van der Waals surface area contributed by atoms with Crippen molar-refractivity contribution in [1.82, 2.24) is 4.90 Å². The molecule has 0 aliphatic carbocycles. The van der Waals surface area contributed by atoms with Gasteiger partial charge in [0.2, 0.25) is 0 Å². The van der Waals surface area contributed by atoms with Crippen molar-refractivity contribution in [3.8, 4) is 5.75 Å². The number of nitro benzene ring substituents is 1. The number of carbonyl (C=O) groups excluding carboxylic acids is 1. The summed E-state index contributed by atoms with van der Waals surface area (Å²) in [5.74, 6) is 0.127. The van der Waals surface area contributed by atoms with Gasteiger partial charge in [0, 0.05) is 6.54 Å². The standard InChI is InChI=1S/C14H20ClN3O5/c1-4-17(5-2)6-7-23-14(19)16-11-8-10(15)12(18(20)21)9-13(11)22-3/h8-9H,4-7H2,1-3H3,(H,16,19). The van der Waals surface area contributed by atoms with Crippen LogP contribution in [0, 0.1) is 10.1 Å². The molecule has 8 nitrogen and oxygen atoms in total. The number of benzene rings is 1. The number of likely N-dealkylation sites (N-methyl/N-ethyl adjacent to an activating group) is 1. The van der Waals surface area contributed by atoms with Crippen molar-refractivity contribution in [3.63, 3.8) is 0 Å². The van der Waals surface area contributed by atoms with Gasteiger partial charge in [-0.25, -0.2) is 4.79 Å². The largest absolute Gasteiger partial charge is 0.494 e. The van der Waals surface area contributed by atoms with Gasteiger partial charge in [-0.1, -0.05) is 25.4 Å². The number of methoxy groups -OCH3 is 1. The highest BCUT2D eigenvalue weighted by molar-refractivity contribution is 6.33. The summed E-state index contributed by atoms with van der Waals surface area (Å²) in [6, 6.07) is 2.40. The van der Waals surface area contributed by atoms with Crippen molar-refractivity contribution in [2.24, 2.45) is 0 Å². The van der Waals surface area contributed by atoms with Gasteiger partial charge in [0.25, 0.3) is 5.69 Å². The second-order valence-corrected chi connectivity index (χ2v) is 4.96. The molecule has 9 heteroatoms. The molecular formula is C14H20ClN3O5. The Labute approximate surface area is 139 Å². The van der Waals surface area contributed by atoms with E-state index in [-0.39, 0.29) is 28.8 Å². The van der Waals surface area contributed by atoms with Crippen molar-refractivity contribution in [1.29, 1.82) is 0 Å². The van der Waals surface area contributed by atoms with Crippen LogP contribution < -0.4 is 10.1 Å². The average molecular weight is 346 g/mol. The minimum Gasteiger partial charge on any atom is -0.494 e. The van der Waals surface area contributed by atoms with Crippen LogP contribution in [0.1, 0.15) is 13.8 Å². The molecule has 1 amide bonds. The molecule has 0 heterocycles. The molecule has 1 aromatic rings. The molecule has 128 valence electrons. The van der Waals surface area contributed by atoms with Crippen LogP contribution in [0.4, 0.5) is 16.2 Å². The monoisotopic (exact) mass is 345 g/mol. The maximum Gasteiger partial charge on any atom is 0.411 e. The molecule has 1 aromatic carbocycles. The molecule has 0 atom stereocenters. The van der Waals surface area contributed by atoms with Gasteiger partial charge in [-0.2, -0.15) is 0 Å². The van der Waals surface area contributed by atoms with Crippen LogP contribution >= 0.6 is 11.6 Å². The second-order valence-electron chi connectivity index (χ2n) is 4.55. The first-order valence-corrected chi connectivity index (χ1v) is 7.48. The van der Waals surface area contributed by atoms with Crippen LogP contribution in [-0.4, -0.2) is 49.3 Å². The molecule has 0 radical (unpaired) electrons. The number of ether oxygens (including phenoxy) is 2. The average Bonchev–Trinajstić information content (AvgIpc) is 2.51. The highest BCUT2D eigenvalue weighted by Gasteiger charge is 2.19. The molecule has 0 saturated heterocycles. The summed E-state index contributed by atoms with van der Waals surface area (Å²) in [6.45, 7) is 6.64. The van der Waals surface area contributed by atoms with Crippen LogP contribution in [0.5, 0.6) is 5.75 Å². The first-order chi connectivity index (χ1) is 10.9. The summed E-state index contributed by atoms with van der Waals surface area (Å²) in [5, 5.41) is 13.2. The van der Waals surface area contributed by atoms with Gasteiger partial charge >= 0.3 is 6.09 Å². The Bertz CT molecular complexity index is 564. The topological polar surface area (TPSA) is 93.9 Å².